The highest BCUT2D eigenvalue weighted by molar-refractivity contribution is 9.10. The van der Waals surface area contributed by atoms with Crippen molar-refractivity contribution in [3.8, 4) is 0 Å². The molecule has 2 nitrogen and oxygen atoms in total. The van der Waals surface area contributed by atoms with Gasteiger partial charge in [0.2, 0.25) is 0 Å². The Labute approximate surface area is 120 Å². The molecule has 1 aromatic rings. The van der Waals surface area contributed by atoms with E-state index in [0.29, 0.717) is 22.5 Å². The van der Waals surface area contributed by atoms with Crippen molar-refractivity contribution in [1.29, 1.82) is 0 Å². The molecule has 18 heavy (non-hydrogen) atoms. The lowest BCUT2D eigenvalue weighted by Gasteiger charge is -2.23. The maximum absolute atomic E-state index is 12.2. The van der Waals surface area contributed by atoms with E-state index >= 15 is 0 Å². The van der Waals surface area contributed by atoms with E-state index in [1.54, 1.807) is 12.1 Å². The van der Waals surface area contributed by atoms with Crippen LogP contribution in [0.5, 0.6) is 0 Å². The van der Waals surface area contributed by atoms with E-state index in [-0.39, 0.29) is 5.91 Å². The van der Waals surface area contributed by atoms with Gasteiger partial charge < -0.3 is 5.32 Å². The maximum atomic E-state index is 12.2. The van der Waals surface area contributed by atoms with Crippen LogP contribution in [0.4, 0.5) is 0 Å². The third-order valence-electron chi connectivity index (χ3n) is 4.18. The number of amides is 1. The van der Waals surface area contributed by atoms with Crippen molar-refractivity contribution in [2.75, 3.05) is 0 Å². The Bertz CT molecular complexity index is 470. The summed E-state index contributed by atoms with van der Waals surface area (Å²) < 4.78 is 0.841. The zero-order valence-corrected chi connectivity index (χ0v) is 12.3. The molecule has 1 amide bonds. The molecule has 0 saturated heterocycles. The van der Waals surface area contributed by atoms with Crippen molar-refractivity contribution in [1.82, 2.24) is 5.32 Å². The quantitative estimate of drug-likeness (QED) is 0.873. The molecule has 0 aliphatic heterocycles. The average Bonchev–Trinajstić information content (AvgIpc) is 2.89. The van der Waals surface area contributed by atoms with Crippen molar-refractivity contribution in [3.05, 3.63) is 33.3 Å². The Morgan fingerprint density at radius 2 is 2.11 bits per heavy atom. The molecule has 2 fully saturated rings. The first-order valence-electron chi connectivity index (χ1n) is 6.39. The lowest BCUT2D eigenvalue weighted by atomic mass is 9.95. The topological polar surface area (TPSA) is 29.1 Å². The number of carbonyl (C=O) groups excluding carboxylic acids is 1. The summed E-state index contributed by atoms with van der Waals surface area (Å²) in [5.74, 6) is 1.53. The van der Waals surface area contributed by atoms with Crippen LogP contribution in [0.15, 0.2) is 22.7 Å². The fraction of sp³-hybridized carbons (Fsp3) is 0.500. The molecular weight excluding hydrogens is 314 g/mol. The van der Waals surface area contributed by atoms with Gasteiger partial charge in [0.25, 0.3) is 5.91 Å². The van der Waals surface area contributed by atoms with Gasteiger partial charge >= 0.3 is 0 Å². The largest absolute Gasteiger partial charge is 0.349 e. The fourth-order valence-electron chi connectivity index (χ4n) is 3.36. The van der Waals surface area contributed by atoms with Crippen LogP contribution in [0.1, 0.15) is 36.0 Å². The first-order chi connectivity index (χ1) is 8.61. The van der Waals surface area contributed by atoms with Crippen molar-refractivity contribution in [2.24, 2.45) is 11.8 Å². The highest BCUT2D eigenvalue weighted by atomic mass is 79.9. The number of rotatable bonds is 2. The summed E-state index contributed by atoms with van der Waals surface area (Å²) in [5, 5.41) is 3.75. The molecule has 2 saturated carbocycles. The number of carbonyl (C=O) groups is 1. The number of nitrogens with one attached hydrogen (secondary N) is 1. The zero-order chi connectivity index (χ0) is 12.7. The molecule has 3 atom stereocenters. The molecule has 2 aliphatic rings. The Hall–Kier alpha value is -0.540. The van der Waals surface area contributed by atoms with Crippen molar-refractivity contribution < 1.29 is 4.79 Å². The average molecular weight is 329 g/mol. The third kappa shape index (κ3) is 2.43. The summed E-state index contributed by atoms with van der Waals surface area (Å²) in [6.45, 7) is 0. The molecule has 0 heterocycles. The summed E-state index contributed by atoms with van der Waals surface area (Å²) >= 11 is 9.33. The van der Waals surface area contributed by atoms with Crippen LogP contribution in [-0.4, -0.2) is 11.9 Å². The van der Waals surface area contributed by atoms with E-state index in [9.17, 15) is 4.79 Å². The molecule has 2 bridgehead atoms. The Kier molecular flexibility index (Phi) is 3.37. The lowest BCUT2D eigenvalue weighted by Crippen LogP contribution is -2.38. The van der Waals surface area contributed by atoms with E-state index in [0.717, 1.165) is 16.8 Å². The monoisotopic (exact) mass is 327 g/mol. The molecule has 3 unspecified atom stereocenters. The number of benzene rings is 1. The Morgan fingerprint density at radius 1 is 1.28 bits per heavy atom. The highest BCUT2D eigenvalue weighted by Crippen LogP contribution is 2.44. The number of fused-ring (bicyclic) bond motifs is 2. The van der Waals surface area contributed by atoms with Gasteiger partial charge in [-0.05, 0) is 49.3 Å². The van der Waals surface area contributed by atoms with Crippen LogP contribution in [0.25, 0.3) is 0 Å². The molecule has 2 aliphatic carbocycles. The van der Waals surface area contributed by atoms with Crippen LogP contribution < -0.4 is 5.32 Å². The van der Waals surface area contributed by atoms with Crippen molar-refractivity contribution >= 4 is 33.4 Å². The second-order valence-corrected chi connectivity index (χ2v) is 6.77. The second kappa shape index (κ2) is 4.86. The van der Waals surface area contributed by atoms with E-state index in [1.807, 2.05) is 6.07 Å². The van der Waals surface area contributed by atoms with E-state index in [2.05, 4.69) is 21.2 Å². The molecular formula is C14H15BrClNO. The molecule has 0 radical (unpaired) electrons. The molecule has 1 N–H and O–H groups in total. The fourth-order valence-corrected chi connectivity index (χ4v) is 4.22. The van der Waals surface area contributed by atoms with Gasteiger partial charge in [-0.15, -0.1) is 0 Å². The van der Waals surface area contributed by atoms with Gasteiger partial charge in [-0.3, -0.25) is 4.79 Å². The number of halogens is 2. The smallest absolute Gasteiger partial charge is 0.251 e. The van der Waals surface area contributed by atoms with E-state index in [1.165, 1.54) is 19.3 Å². The van der Waals surface area contributed by atoms with Crippen LogP contribution in [0.2, 0.25) is 5.02 Å². The minimum Gasteiger partial charge on any atom is -0.349 e. The Balaban J connectivity index is 1.71. The summed E-state index contributed by atoms with van der Waals surface area (Å²) in [6.07, 6.45) is 5.07. The van der Waals surface area contributed by atoms with Gasteiger partial charge in [-0.2, -0.15) is 0 Å². The van der Waals surface area contributed by atoms with Gasteiger partial charge in [0.05, 0.1) is 0 Å². The standard InChI is InChI=1S/C14H15BrClNO/c15-11-5-10(6-12(16)7-11)14(18)17-13-4-8-1-2-9(13)3-8/h5-9,13H,1-4H2,(H,17,18). The molecule has 3 rings (SSSR count). The molecule has 0 aromatic heterocycles. The number of hydrogen-bond acceptors (Lipinski definition) is 1. The minimum absolute atomic E-state index is 0.00394. The summed E-state index contributed by atoms with van der Waals surface area (Å²) in [4.78, 5) is 12.2. The van der Waals surface area contributed by atoms with E-state index in [4.69, 9.17) is 11.6 Å². The first-order valence-corrected chi connectivity index (χ1v) is 7.56. The summed E-state index contributed by atoms with van der Waals surface area (Å²) in [7, 11) is 0. The molecule has 96 valence electrons. The summed E-state index contributed by atoms with van der Waals surface area (Å²) in [6, 6.07) is 5.69. The van der Waals surface area contributed by atoms with Gasteiger partial charge in [-0.25, -0.2) is 0 Å². The highest BCUT2D eigenvalue weighted by Gasteiger charge is 2.40. The SMILES string of the molecule is O=C(NC1CC2CCC1C2)c1cc(Cl)cc(Br)c1. The van der Waals surface area contributed by atoms with Crippen molar-refractivity contribution in [2.45, 2.75) is 31.7 Å². The lowest BCUT2D eigenvalue weighted by molar-refractivity contribution is 0.0923. The normalized spacial score (nSPS) is 29.6. The van der Waals surface area contributed by atoms with E-state index < -0.39 is 0 Å². The summed E-state index contributed by atoms with van der Waals surface area (Å²) in [5.41, 5.74) is 0.636. The van der Waals surface area contributed by atoms with Crippen LogP contribution >= 0.6 is 27.5 Å². The second-order valence-electron chi connectivity index (χ2n) is 5.41. The predicted molar refractivity (Wildman–Crippen MR) is 75.9 cm³/mol. The van der Waals surface area contributed by atoms with Gasteiger partial charge in [0.15, 0.2) is 0 Å². The van der Waals surface area contributed by atoms with Gasteiger partial charge in [-0.1, -0.05) is 34.0 Å². The van der Waals surface area contributed by atoms with Gasteiger partial charge in [0.1, 0.15) is 0 Å². The van der Waals surface area contributed by atoms with Crippen molar-refractivity contribution in [3.63, 3.8) is 0 Å². The molecule has 1 aromatic carbocycles. The first kappa shape index (κ1) is 12.5. The zero-order valence-electron chi connectivity index (χ0n) is 9.96. The van der Waals surface area contributed by atoms with Crippen LogP contribution in [0.3, 0.4) is 0 Å². The van der Waals surface area contributed by atoms with Crippen LogP contribution in [-0.2, 0) is 0 Å². The van der Waals surface area contributed by atoms with Gasteiger partial charge in [0, 0.05) is 21.1 Å². The predicted octanol–water partition coefficient (Wildman–Crippen LogP) is 4.02. The molecule has 0 spiro atoms. The Morgan fingerprint density at radius 3 is 2.72 bits per heavy atom. The van der Waals surface area contributed by atoms with Crippen LogP contribution in [0, 0.1) is 11.8 Å². The third-order valence-corrected chi connectivity index (χ3v) is 4.86. The molecule has 4 heteroatoms. The number of hydrogen-bond donors (Lipinski definition) is 1. The minimum atomic E-state index is -0.00394. The maximum Gasteiger partial charge on any atom is 0.251 e.